The second-order valence-electron chi connectivity index (χ2n) is 4.51. The van der Waals surface area contributed by atoms with E-state index in [9.17, 15) is 18.0 Å². The lowest BCUT2D eigenvalue weighted by Gasteiger charge is -2.17. The summed E-state index contributed by atoms with van der Waals surface area (Å²) >= 11 is 0. The molecule has 1 aromatic carbocycles. The number of hydrogen-bond acceptors (Lipinski definition) is 1. The molecule has 5 heteroatoms. The van der Waals surface area contributed by atoms with Gasteiger partial charge in [0, 0.05) is 5.92 Å². The van der Waals surface area contributed by atoms with Gasteiger partial charge in [0.25, 0.3) is 0 Å². The van der Waals surface area contributed by atoms with E-state index >= 15 is 0 Å². The topological polar surface area (TPSA) is 29.1 Å². The van der Waals surface area contributed by atoms with Crippen LogP contribution in [-0.4, -0.2) is 5.91 Å². The quantitative estimate of drug-likeness (QED) is 0.883. The maximum absolute atomic E-state index is 12.5. The summed E-state index contributed by atoms with van der Waals surface area (Å²) in [5, 5.41) is 2.67. The molecule has 1 aromatic rings. The highest BCUT2D eigenvalue weighted by molar-refractivity contribution is 5.78. The zero-order valence-corrected chi connectivity index (χ0v) is 10.5. The molecule has 18 heavy (non-hydrogen) atoms. The maximum Gasteiger partial charge on any atom is 0.416 e. The minimum Gasteiger partial charge on any atom is -0.349 e. The summed E-state index contributed by atoms with van der Waals surface area (Å²) in [6.45, 7) is 5.12. The number of benzene rings is 1. The highest BCUT2D eigenvalue weighted by Gasteiger charge is 2.30. The first-order chi connectivity index (χ1) is 8.21. The van der Waals surface area contributed by atoms with E-state index in [0.717, 1.165) is 12.1 Å². The number of nitrogens with one attached hydrogen (secondary N) is 1. The molecule has 0 heterocycles. The summed E-state index contributed by atoms with van der Waals surface area (Å²) in [5.41, 5.74) is -0.260. The first kappa shape index (κ1) is 14.5. The monoisotopic (exact) mass is 259 g/mol. The fourth-order valence-corrected chi connectivity index (χ4v) is 1.45. The van der Waals surface area contributed by atoms with Crippen LogP contribution >= 0.6 is 0 Å². The van der Waals surface area contributed by atoms with Crippen molar-refractivity contribution in [2.75, 3.05) is 0 Å². The number of carbonyl (C=O) groups is 1. The molecule has 0 aliphatic carbocycles. The van der Waals surface area contributed by atoms with Crippen molar-refractivity contribution in [2.24, 2.45) is 5.92 Å². The van der Waals surface area contributed by atoms with Crippen LogP contribution in [0.3, 0.4) is 0 Å². The molecule has 0 aliphatic heterocycles. The molecule has 1 rings (SSSR count). The van der Waals surface area contributed by atoms with Crippen LogP contribution in [-0.2, 0) is 11.0 Å². The van der Waals surface area contributed by atoms with Gasteiger partial charge < -0.3 is 5.32 Å². The van der Waals surface area contributed by atoms with Gasteiger partial charge in [-0.15, -0.1) is 0 Å². The van der Waals surface area contributed by atoms with Crippen molar-refractivity contribution in [1.82, 2.24) is 5.32 Å². The highest BCUT2D eigenvalue weighted by Crippen LogP contribution is 2.30. The van der Waals surface area contributed by atoms with Gasteiger partial charge in [0.15, 0.2) is 0 Å². The van der Waals surface area contributed by atoms with Gasteiger partial charge >= 0.3 is 6.18 Å². The van der Waals surface area contributed by atoms with E-state index in [2.05, 4.69) is 5.32 Å². The van der Waals surface area contributed by atoms with Crippen molar-refractivity contribution >= 4 is 5.91 Å². The van der Waals surface area contributed by atoms with Crippen LogP contribution in [0.25, 0.3) is 0 Å². The summed E-state index contributed by atoms with van der Waals surface area (Å²) in [6.07, 6.45) is -4.36. The molecular weight excluding hydrogens is 243 g/mol. The number of halogens is 3. The lowest BCUT2D eigenvalue weighted by atomic mass is 10.0. The molecule has 1 N–H and O–H groups in total. The van der Waals surface area contributed by atoms with Crippen LogP contribution in [0.4, 0.5) is 13.2 Å². The molecule has 100 valence electrons. The Kier molecular flexibility index (Phi) is 4.38. The maximum atomic E-state index is 12.5. The third-order valence-electron chi connectivity index (χ3n) is 2.60. The van der Waals surface area contributed by atoms with Gasteiger partial charge in [-0.1, -0.05) is 26.0 Å². The van der Waals surface area contributed by atoms with Crippen LogP contribution in [0.2, 0.25) is 0 Å². The summed E-state index contributed by atoms with van der Waals surface area (Å²) in [6, 6.07) is 4.55. The van der Waals surface area contributed by atoms with Crippen LogP contribution in [0.5, 0.6) is 0 Å². The largest absolute Gasteiger partial charge is 0.416 e. The lowest BCUT2D eigenvalue weighted by Crippen LogP contribution is -2.30. The number of hydrogen-bond donors (Lipinski definition) is 1. The number of alkyl halides is 3. The second kappa shape index (κ2) is 5.42. The number of rotatable bonds is 3. The second-order valence-corrected chi connectivity index (χ2v) is 4.51. The van der Waals surface area contributed by atoms with Gasteiger partial charge in [0.05, 0.1) is 11.6 Å². The van der Waals surface area contributed by atoms with Gasteiger partial charge in [-0.25, -0.2) is 0 Å². The van der Waals surface area contributed by atoms with Crippen molar-refractivity contribution in [3.8, 4) is 0 Å². The van der Waals surface area contributed by atoms with E-state index in [1.807, 2.05) is 0 Å². The Morgan fingerprint density at radius 2 is 1.83 bits per heavy atom. The van der Waals surface area contributed by atoms with Gasteiger partial charge in [-0.05, 0) is 24.6 Å². The third-order valence-corrected chi connectivity index (χ3v) is 2.60. The fourth-order valence-electron chi connectivity index (χ4n) is 1.45. The number of amides is 1. The van der Waals surface area contributed by atoms with E-state index in [4.69, 9.17) is 0 Å². The van der Waals surface area contributed by atoms with Gasteiger partial charge in [0.1, 0.15) is 0 Å². The first-order valence-corrected chi connectivity index (χ1v) is 5.69. The Labute approximate surface area is 104 Å². The average molecular weight is 259 g/mol. The molecule has 2 nitrogen and oxygen atoms in total. The molecule has 0 saturated carbocycles. The lowest BCUT2D eigenvalue weighted by molar-refractivity contribution is -0.137. The Balaban J connectivity index is 2.87. The number of carbonyl (C=O) groups excluding carboxylic acids is 1. The summed E-state index contributed by atoms with van der Waals surface area (Å²) < 4.78 is 37.6. The average Bonchev–Trinajstić information content (AvgIpc) is 2.27. The van der Waals surface area contributed by atoms with Crippen molar-refractivity contribution < 1.29 is 18.0 Å². The SMILES string of the molecule is CC(C)C(=O)NC(C)c1cccc(C(F)(F)F)c1. The Morgan fingerprint density at radius 1 is 1.22 bits per heavy atom. The molecule has 0 spiro atoms. The normalized spacial score (nSPS) is 13.5. The molecule has 0 aromatic heterocycles. The van der Waals surface area contributed by atoms with Crippen molar-refractivity contribution in [3.63, 3.8) is 0 Å². The zero-order chi connectivity index (χ0) is 13.9. The van der Waals surface area contributed by atoms with Gasteiger partial charge in [-0.2, -0.15) is 13.2 Å². The van der Waals surface area contributed by atoms with E-state index < -0.39 is 17.8 Å². The standard InChI is InChI=1S/C13H16F3NO/c1-8(2)12(18)17-9(3)10-5-4-6-11(7-10)13(14,15)16/h4-9H,1-3H3,(H,17,18). The molecule has 0 saturated heterocycles. The molecule has 1 amide bonds. The summed E-state index contributed by atoms with van der Waals surface area (Å²) in [5.74, 6) is -0.377. The minimum atomic E-state index is -4.36. The zero-order valence-electron chi connectivity index (χ0n) is 10.5. The first-order valence-electron chi connectivity index (χ1n) is 5.69. The third kappa shape index (κ3) is 3.75. The molecule has 0 bridgehead atoms. The van der Waals surface area contributed by atoms with Crippen LogP contribution < -0.4 is 5.32 Å². The predicted octanol–water partition coefficient (Wildman–Crippen LogP) is 3.54. The Morgan fingerprint density at radius 3 is 2.33 bits per heavy atom. The Hall–Kier alpha value is -1.52. The van der Waals surface area contributed by atoms with E-state index in [1.54, 1.807) is 26.8 Å². The van der Waals surface area contributed by atoms with Crippen LogP contribution in [0.1, 0.15) is 37.9 Å². The summed E-state index contributed by atoms with van der Waals surface area (Å²) in [4.78, 5) is 11.5. The van der Waals surface area contributed by atoms with Crippen molar-refractivity contribution in [1.29, 1.82) is 0 Å². The van der Waals surface area contributed by atoms with Crippen molar-refractivity contribution in [3.05, 3.63) is 35.4 Å². The summed E-state index contributed by atoms with van der Waals surface area (Å²) in [7, 11) is 0. The van der Waals surface area contributed by atoms with Crippen LogP contribution in [0, 0.1) is 5.92 Å². The van der Waals surface area contributed by atoms with Gasteiger partial charge in [-0.3, -0.25) is 4.79 Å². The van der Waals surface area contributed by atoms with E-state index in [0.29, 0.717) is 5.56 Å². The van der Waals surface area contributed by atoms with E-state index in [1.165, 1.54) is 6.07 Å². The fraction of sp³-hybridized carbons (Fsp3) is 0.462. The van der Waals surface area contributed by atoms with Crippen LogP contribution in [0.15, 0.2) is 24.3 Å². The minimum absolute atomic E-state index is 0.181. The van der Waals surface area contributed by atoms with Crippen molar-refractivity contribution in [2.45, 2.75) is 33.0 Å². The smallest absolute Gasteiger partial charge is 0.349 e. The molecular formula is C13H16F3NO. The van der Waals surface area contributed by atoms with E-state index in [-0.39, 0.29) is 11.8 Å². The molecule has 1 unspecified atom stereocenters. The molecule has 0 aliphatic rings. The molecule has 1 atom stereocenters. The molecule has 0 radical (unpaired) electrons. The van der Waals surface area contributed by atoms with Gasteiger partial charge in [0.2, 0.25) is 5.91 Å². The molecule has 0 fully saturated rings. The predicted molar refractivity (Wildman–Crippen MR) is 62.8 cm³/mol. The highest BCUT2D eigenvalue weighted by atomic mass is 19.4. The Bertz CT molecular complexity index is 426.